The van der Waals surface area contributed by atoms with E-state index in [2.05, 4.69) is 5.43 Å². The summed E-state index contributed by atoms with van der Waals surface area (Å²) in [6, 6.07) is 8.89. The molecular weight excluding hydrogens is 281 g/mol. The quantitative estimate of drug-likeness (QED) is 0.574. The maximum Gasteiger partial charge on any atom is 0.134 e. The third kappa shape index (κ3) is 2.39. The minimum atomic E-state index is -1.06. The zero-order valence-corrected chi connectivity index (χ0v) is 10.7. The Balaban J connectivity index is 2.14. The van der Waals surface area contributed by atoms with Crippen molar-refractivity contribution in [3.63, 3.8) is 0 Å². The molecule has 0 saturated heterocycles. The van der Waals surface area contributed by atoms with Crippen LogP contribution in [-0.4, -0.2) is 0 Å². The fourth-order valence-electron chi connectivity index (χ4n) is 2.28. The number of rotatable bonds is 3. The van der Waals surface area contributed by atoms with Crippen molar-refractivity contribution in [2.75, 3.05) is 0 Å². The van der Waals surface area contributed by atoms with Crippen LogP contribution < -0.4 is 11.3 Å². The second-order valence-corrected chi connectivity index (χ2v) is 4.57. The summed E-state index contributed by atoms with van der Waals surface area (Å²) >= 11 is 0. The molecule has 0 amide bonds. The van der Waals surface area contributed by atoms with Gasteiger partial charge in [-0.1, -0.05) is 18.2 Å². The second kappa shape index (κ2) is 5.23. The van der Waals surface area contributed by atoms with Gasteiger partial charge >= 0.3 is 0 Å². The van der Waals surface area contributed by atoms with E-state index in [9.17, 15) is 13.2 Å². The average Bonchev–Trinajstić information content (AvgIpc) is 2.85. The van der Waals surface area contributed by atoms with Crippen LogP contribution in [-0.2, 0) is 0 Å². The van der Waals surface area contributed by atoms with Gasteiger partial charge in [-0.15, -0.1) is 0 Å². The van der Waals surface area contributed by atoms with Crippen LogP contribution in [0.3, 0.4) is 0 Å². The summed E-state index contributed by atoms with van der Waals surface area (Å²) in [7, 11) is 0. The zero-order chi connectivity index (χ0) is 15.0. The van der Waals surface area contributed by atoms with Crippen LogP contribution in [0.15, 0.2) is 46.9 Å². The van der Waals surface area contributed by atoms with Crippen LogP contribution in [0, 0.1) is 17.5 Å². The molecule has 0 spiro atoms. The zero-order valence-electron chi connectivity index (χ0n) is 10.7. The highest BCUT2D eigenvalue weighted by molar-refractivity contribution is 5.78. The first-order chi connectivity index (χ1) is 10.1. The van der Waals surface area contributed by atoms with Crippen molar-refractivity contribution < 1.29 is 17.6 Å². The third-order valence-electron chi connectivity index (χ3n) is 3.23. The van der Waals surface area contributed by atoms with E-state index in [0.717, 1.165) is 5.39 Å². The van der Waals surface area contributed by atoms with Crippen molar-refractivity contribution in [3.8, 4) is 0 Å². The molecule has 3 nitrogen and oxygen atoms in total. The number of nitrogens with one attached hydrogen (secondary N) is 1. The Hall–Kier alpha value is -2.31. The fraction of sp³-hybridized carbons (Fsp3) is 0.0667. The Morgan fingerprint density at radius 3 is 2.29 bits per heavy atom. The summed E-state index contributed by atoms with van der Waals surface area (Å²) < 4.78 is 46.3. The molecule has 0 radical (unpaired) electrons. The van der Waals surface area contributed by atoms with Gasteiger partial charge in [-0.05, 0) is 12.1 Å². The molecule has 0 aliphatic rings. The molecule has 1 aromatic heterocycles. The molecule has 1 unspecified atom stereocenters. The number of fused-ring (bicyclic) bond motifs is 1. The first kappa shape index (κ1) is 13.7. The van der Waals surface area contributed by atoms with Gasteiger partial charge < -0.3 is 4.42 Å². The molecular formula is C15H11F3N2O. The van der Waals surface area contributed by atoms with Crippen molar-refractivity contribution in [1.29, 1.82) is 0 Å². The van der Waals surface area contributed by atoms with Crippen molar-refractivity contribution >= 4 is 11.0 Å². The smallest absolute Gasteiger partial charge is 0.134 e. The van der Waals surface area contributed by atoms with E-state index >= 15 is 0 Å². The molecule has 0 bridgehead atoms. The van der Waals surface area contributed by atoms with E-state index in [-0.39, 0.29) is 5.76 Å². The maximum atomic E-state index is 13.9. The van der Waals surface area contributed by atoms with Gasteiger partial charge in [0.25, 0.3) is 0 Å². The molecule has 2 aromatic carbocycles. The summed E-state index contributed by atoms with van der Waals surface area (Å²) in [6.45, 7) is 0. The number of halogens is 3. The van der Waals surface area contributed by atoms with Crippen molar-refractivity contribution in [2.45, 2.75) is 6.04 Å². The lowest BCUT2D eigenvalue weighted by Gasteiger charge is -2.15. The summed E-state index contributed by atoms with van der Waals surface area (Å²) in [4.78, 5) is 0. The van der Waals surface area contributed by atoms with Crippen LogP contribution in [0.2, 0.25) is 0 Å². The lowest BCUT2D eigenvalue weighted by Crippen LogP contribution is -2.30. The van der Waals surface area contributed by atoms with E-state index < -0.39 is 29.1 Å². The standard InChI is InChI=1S/C15H11F3N2O/c16-9-6-10(17)14(11(18)7-9)15(20-19)13-5-8-3-1-2-4-12(8)21-13/h1-7,15,20H,19H2. The Kier molecular flexibility index (Phi) is 3.40. The molecule has 3 rings (SSSR count). The Morgan fingerprint density at radius 1 is 1.00 bits per heavy atom. The molecule has 1 atom stereocenters. The third-order valence-corrected chi connectivity index (χ3v) is 3.23. The van der Waals surface area contributed by atoms with Crippen LogP contribution in [0.1, 0.15) is 17.4 Å². The van der Waals surface area contributed by atoms with Gasteiger partial charge in [0, 0.05) is 23.1 Å². The predicted octanol–water partition coefficient (Wildman–Crippen LogP) is 3.40. The van der Waals surface area contributed by atoms with Gasteiger partial charge in [-0.25, -0.2) is 18.6 Å². The van der Waals surface area contributed by atoms with Crippen LogP contribution >= 0.6 is 0 Å². The summed E-state index contributed by atoms with van der Waals surface area (Å²) in [5, 5.41) is 0.774. The van der Waals surface area contributed by atoms with Gasteiger partial charge in [0.2, 0.25) is 0 Å². The van der Waals surface area contributed by atoms with Gasteiger partial charge in [-0.2, -0.15) is 0 Å². The largest absolute Gasteiger partial charge is 0.459 e. The van der Waals surface area contributed by atoms with Crippen LogP contribution in [0.4, 0.5) is 13.2 Å². The van der Waals surface area contributed by atoms with Crippen LogP contribution in [0.5, 0.6) is 0 Å². The normalized spacial score (nSPS) is 12.8. The average molecular weight is 292 g/mol. The number of furan rings is 1. The molecule has 0 fully saturated rings. The number of benzene rings is 2. The van der Waals surface area contributed by atoms with E-state index in [1.807, 2.05) is 6.07 Å². The molecule has 6 heteroatoms. The maximum absolute atomic E-state index is 13.9. The highest BCUT2D eigenvalue weighted by Crippen LogP contribution is 2.31. The number of para-hydroxylation sites is 1. The molecule has 3 aromatic rings. The minimum absolute atomic E-state index is 0.239. The molecule has 0 saturated carbocycles. The highest BCUT2D eigenvalue weighted by Gasteiger charge is 2.25. The van der Waals surface area contributed by atoms with Gasteiger partial charge in [0.15, 0.2) is 0 Å². The van der Waals surface area contributed by atoms with E-state index in [1.165, 1.54) is 0 Å². The predicted molar refractivity (Wildman–Crippen MR) is 71.7 cm³/mol. The molecule has 0 aliphatic heterocycles. The molecule has 1 heterocycles. The summed E-state index contributed by atoms with van der Waals surface area (Å²) in [5.74, 6) is 2.58. The Bertz CT molecular complexity index is 744. The van der Waals surface area contributed by atoms with Gasteiger partial charge in [0.05, 0.1) is 0 Å². The van der Waals surface area contributed by atoms with Gasteiger partial charge in [-0.3, -0.25) is 5.84 Å². The van der Waals surface area contributed by atoms with E-state index in [0.29, 0.717) is 17.7 Å². The topological polar surface area (TPSA) is 51.2 Å². The van der Waals surface area contributed by atoms with E-state index in [1.54, 1.807) is 24.3 Å². The fourth-order valence-corrected chi connectivity index (χ4v) is 2.28. The Labute approximate surface area is 118 Å². The van der Waals surface area contributed by atoms with Crippen LogP contribution in [0.25, 0.3) is 11.0 Å². The van der Waals surface area contributed by atoms with Crippen molar-refractivity contribution in [2.24, 2.45) is 5.84 Å². The summed E-state index contributed by atoms with van der Waals surface area (Å²) in [5.41, 5.74) is 2.48. The van der Waals surface area contributed by atoms with Crippen molar-refractivity contribution in [1.82, 2.24) is 5.43 Å². The van der Waals surface area contributed by atoms with E-state index in [4.69, 9.17) is 10.3 Å². The highest BCUT2D eigenvalue weighted by atomic mass is 19.1. The monoisotopic (exact) mass is 292 g/mol. The Morgan fingerprint density at radius 2 is 1.67 bits per heavy atom. The molecule has 108 valence electrons. The number of hydrazine groups is 1. The molecule has 3 N–H and O–H groups in total. The minimum Gasteiger partial charge on any atom is -0.459 e. The molecule has 0 aliphatic carbocycles. The number of nitrogens with two attached hydrogens (primary N) is 1. The van der Waals surface area contributed by atoms with Crippen molar-refractivity contribution in [3.05, 3.63) is 71.2 Å². The first-order valence-electron chi connectivity index (χ1n) is 6.19. The second-order valence-electron chi connectivity index (χ2n) is 4.57. The lowest BCUT2D eigenvalue weighted by molar-refractivity contribution is 0.438. The number of hydrogen-bond donors (Lipinski definition) is 2. The SMILES string of the molecule is NNC(c1cc2ccccc2o1)c1c(F)cc(F)cc1F. The molecule has 21 heavy (non-hydrogen) atoms. The summed E-state index contributed by atoms with van der Waals surface area (Å²) in [6.07, 6.45) is 0. The van der Waals surface area contributed by atoms with Gasteiger partial charge in [0.1, 0.15) is 34.8 Å². The first-order valence-corrected chi connectivity index (χ1v) is 6.19. The lowest BCUT2D eigenvalue weighted by atomic mass is 10.0. The number of hydrogen-bond acceptors (Lipinski definition) is 3.